The smallest absolute Gasteiger partial charge is 0.342 e. The lowest BCUT2D eigenvalue weighted by Crippen LogP contribution is -2.78. The number of methoxy groups -OCH3 is 3. The molecule has 12 nitrogen and oxygen atoms in total. The quantitative estimate of drug-likeness (QED) is 0.217. The maximum atomic E-state index is 15.1. The number of aromatic nitrogens is 1. The standard InChI is InChI=1S/C43H54N4O8/c1-7-25-12-14-47-15-13-41-29-17-30(33(53-4)18-32(29)45(3)38(41)43(52,40(51)55-6)37(49)34(25)36(41)47)42(39(50)54-5)19-24-16-26(23(2)48)21-46(20-24)22-28-27-10-8-9-11-31(27)44-35(28)42/h8-12,17-18,23-24,26,34,36-38,44,48-49,52H,7,13-16,19-22H2,1-6H3/t23?,24-,26+,34?,36-,37+,38+,41+,42-,43?/m0/s1. The van der Waals surface area contributed by atoms with Crippen molar-refractivity contribution in [3.05, 3.63) is 70.4 Å². The minimum Gasteiger partial charge on any atom is -0.496 e. The first-order chi connectivity index (χ1) is 26.4. The number of aromatic amines is 1. The van der Waals surface area contributed by atoms with Crippen molar-refractivity contribution in [1.82, 2.24) is 14.8 Å². The highest BCUT2D eigenvalue weighted by Gasteiger charge is 2.76. The average molecular weight is 755 g/mol. The molecule has 4 unspecified atom stereocenters. The Bertz CT molecular complexity index is 2100. The van der Waals surface area contributed by atoms with E-state index in [1.54, 1.807) is 7.11 Å². The molecule has 4 N–H and O–H groups in total. The van der Waals surface area contributed by atoms with Crippen LogP contribution in [-0.4, -0.2) is 126 Å². The van der Waals surface area contributed by atoms with Gasteiger partial charge in [-0.05, 0) is 74.2 Å². The Balaban J connectivity index is 1.34. The molecule has 0 amide bonds. The summed E-state index contributed by atoms with van der Waals surface area (Å²) in [7, 11) is 6.18. The monoisotopic (exact) mass is 754 g/mol. The fraction of sp³-hybridized carbons (Fsp3) is 0.581. The van der Waals surface area contributed by atoms with Gasteiger partial charge in [-0.3, -0.25) is 14.6 Å². The van der Waals surface area contributed by atoms with Gasteiger partial charge < -0.3 is 39.4 Å². The third-order valence-corrected chi connectivity index (χ3v) is 14.8. The number of esters is 2. The molecule has 1 spiro atoms. The molecule has 1 aliphatic carbocycles. The number of benzene rings is 2. The zero-order valence-corrected chi connectivity index (χ0v) is 32.7. The third kappa shape index (κ3) is 4.69. The molecule has 5 aliphatic heterocycles. The van der Waals surface area contributed by atoms with Gasteiger partial charge in [0.1, 0.15) is 17.3 Å². The Hall–Kier alpha value is -3.94. The Morgan fingerprint density at radius 3 is 2.55 bits per heavy atom. The van der Waals surface area contributed by atoms with E-state index in [1.165, 1.54) is 14.2 Å². The van der Waals surface area contributed by atoms with Gasteiger partial charge in [0.05, 0.1) is 33.5 Å². The summed E-state index contributed by atoms with van der Waals surface area (Å²) in [6, 6.07) is 11.1. The van der Waals surface area contributed by atoms with Crippen LogP contribution >= 0.6 is 0 Å². The molecular formula is C43H54N4O8. The molecule has 2 saturated heterocycles. The first-order valence-electron chi connectivity index (χ1n) is 19.9. The highest BCUT2D eigenvalue weighted by molar-refractivity contribution is 5.94. The Morgan fingerprint density at radius 2 is 1.84 bits per heavy atom. The summed E-state index contributed by atoms with van der Waals surface area (Å²) in [5.41, 5.74) is 1.64. The second kappa shape index (κ2) is 12.8. The number of nitrogens with one attached hydrogen (secondary N) is 1. The summed E-state index contributed by atoms with van der Waals surface area (Å²) in [6.07, 6.45) is 2.67. The number of hydrogen-bond acceptors (Lipinski definition) is 11. The first kappa shape index (κ1) is 36.7. The van der Waals surface area contributed by atoms with E-state index in [2.05, 4.69) is 39.9 Å². The van der Waals surface area contributed by atoms with Gasteiger partial charge in [0.15, 0.2) is 0 Å². The zero-order valence-electron chi connectivity index (χ0n) is 32.7. The third-order valence-electron chi connectivity index (χ3n) is 14.8. The van der Waals surface area contributed by atoms with Gasteiger partial charge in [-0.15, -0.1) is 0 Å². The highest BCUT2D eigenvalue weighted by atomic mass is 16.5. The maximum absolute atomic E-state index is 15.1. The number of ether oxygens (including phenoxy) is 3. The van der Waals surface area contributed by atoms with Crippen molar-refractivity contribution in [2.45, 2.75) is 86.8 Å². The molecular weight excluding hydrogens is 700 g/mol. The van der Waals surface area contributed by atoms with Crippen molar-refractivity contribution in [2.24, 2.45) is 17.8 Å². The van der Waals surface area contributed by atoms with Crippen LogP contribution in [0, 0.1) is 17.8 Å². The van der Waals surface area contributed by atoms with Crippen molar-refractivity contribution in [3.8, 4) is 5.75 Å². The van der Waals surface area contributed by atoms with Gasteiger partial charge in [-0.1, -0.05) is 36.8 Å². The minimum absolute atomic E-state index is 0.0363. The van der Waals surface area contributed by atoms with Crippen LogP contribution in [0.2, 0.25) is 0 Å². The number of H-pyrrole nitrogens is 1. The van der Waals surface area contributed by atoms with Crippen molar-refractivity contribution < 1.29 is 39.1 Å². The van der Waals surface area contributed by atoms with E-state index in [-0.39, 0.29) is 17.9 Å². The maximum Gasteiger partial charge on any atom is 0.342 e. The SMILES string of the molecule is CCC1=CCN2CC[C@]34c5cc([C@@]6(C(=O)OC)C[C@@H]7C[C@@H](C(C)O)CN(Cc8c6[nH]c6ccccc86)C7)c(OC)cc5N(C)[C@H]3C(O)(C(=O)OC)[C@H](O)C1[C@H]24. The lowest BCUT2D eigenvalue weighted by Gasteiger charge is -2.59. The van der Waals surface area contributed by atoms with Gasteiger partial charge in [0, 0.05) is 84.5 Å². The van der Waals surface area contributed by atoms with E-state index < -0.39 is 52.5 Å². The minimum atomic E-state index is -2.26. The molecule has 6 heterocycles. The highest BCUT2D eigenvalue weighted by Crippen LogP contribution is 2.65. The fourth-order valence-corrected chi connectivity index (χ4v) is 12.7. The largest absolute Gasteiger partial charge is 0.496 e. The number of carbonyl (C=O) groups is 2. The molecule has 294 valence electrons. The number of carbonyl (C=O) groups excluding carboxylic acids is 2. The summed E-state index contributed by atoms with van der Waals surface area (Å²) < 4.78 is 17.5. The first-order valence-corrected chi connectivity index (χ1v) is 19.9. The van der Waals surface area contributed by atoms with Crippen LogP contribution in [0.4, 0.5) is 5.69 Å². The predicted octanol–water partition coefficient (Wildman–Crippen LogP) is 3.23. The number of aliphatic hydroxyl groups excluding tert-OH is 2. The van der Waals surface area contributed by atoms with Crippen LogP contribution in [-0.2, 0) is 36.4 Å². The number of para-hydroxylation sites is 1. The molecule has 2 aromatic carbocycles. The second-order valence-corrected chi connectivity index (χ2v) is 17.2. The van der Waals surface area contributed by atoms with Gasteiger partial charge in [-0.25, -0.2) is 4.79 Å². The molecule has 1 aromatic heterocycles. The molecule has 3 aromatic rings. The molecule has 0 radical (unpaired) electrons. The molecule has 9 rings (SSSR count). The summed E-state index contributed by atoms with van der Waals surface area (Å²) in [5, 5.41) is 37.0. The van der Waals surface area contributed by atoms with Gasteiger partial charge >= 0.3 is 11.9 Å². The number of likely N-dealkylation sites (N-methyl/N-ethyl adjacent to an activating group) is 1. The van der Waals surface area contributed by atoms with Crippen molar-refractivity contribution in [1.29, 1.82) is 0 Å². The predicted molar refractivity (Wildman–Crippen MR) is 206 cm³/mol. The number of fused-ring (bicyclic) bond motifs is 6. The molecule has 3 fully saturated rings. The van der Waals surface area contributed by atoms with Crippen LogP contribution in [0.1, 0.15) is 61.9 Å². The van der Waals surface area contributed by atoms with E-state index in [1.807, 2.05) is 43.1 Å². The lowest BCUT2D eigenvalue weighted by molar-refractivity contribution is -0.201. The van der Waals surface area contributed by atoms with Crippen LogP contribution in [0.3, 0.4) is 0 Å². The summed E-state index contributed by atoms with van der Waals surface area (Å²) in [6.45, 7) is 7.44. The summed E-state index contributed by atoms with van der Waals surface area (Å²) in [5.74, 6) is -1.23. The van der Waals surface area contributed by atoms with E-state index >= 15 is 4.79 Å². The summed E-state index contributed by atoms with van der Waals surface area (Å²) in [4.78, 5) is 39.5. The number of hydrogen-bond donors (Lipinski definition) is 4. The van der Waals surface area contributed by atoms with Crippen molar-refractivity contribution in [2.75, 3.05) is 59.5 Å². The number of aliphatic hydroxyl groups is 3. The molecule has 6 aliphatic rings. The number of rotatable bonds is 6. The van der Waals surface area contributed by atoms with Crippen LogP contribution in [0.15, 0.2) is 48.0 Å². The zero-order chi connectivity index (χ0) is 38.8. The molecule has 11 atom stereocenters. The van der Waals surface area contributed by atoms with Crippen molar-refractivity contribution in [3.63, 3.8) is 0 Å². The second-order valence-electron chi connectivity index (χ2n) is 17.2. The topological polar surface area (TPSA) is 148 Å². The van der Waals surface area contributed by atoms with Crippen LogP contribution in [0.5, 0.6) is 5.75 Å². The van der Waals surface area contributed by atoms with Gasteiger partial charge in [-0.2, -0.15) is 0 Å². The lowest BCUT2D eigenvalue weighted by atomic mass is 9.52. The van der Waals surface area contributed by atoms with E-state index in [9.17, 15) is 20.1 Å². The average Bonchev–Trinajstić information content (AvgIpc) is 3.84. The molecule has 55 heavy (non-hydrogen) atoms. The van der Waals surface area contributed by atoms with Gasteiger partial charge in [0.2, 0.25) is 5.60 Å². The number of anilines is 1. The summed E-state index contributed by atoms with van der Waals surface area (Å²) >= 11 is 0. The number of piperidine rings is 1. The fourth-order valence-electron chi connectivity index (χ4n) is 12.7. The van der Waals surface area contributed by atoms with E-state index in [0.29, 0.717) is 50.2 Å². The number of nitrogens with zero attached hydrogens (tertiary/aromatic N) is 3. The Morgan fingerprint density at radius 1 is 1.07 bits per heavy atom. The molecule has 12 heteroatoms. The van der Waals surface area contributed by atoms with Crippen molar-refractivity contribution >= 4 is 28.5 Å². The van der Waals surface area contributed by atoms with Crippen LogP contribution < -0.4 is 9.64 Å². The Labute approximate surface area is 322 Å². The normalized spacial score (nSPS) is 36.8. The Kier molecular flexibility index (Phi) is 8.53. The molecule has 1 saturated carbocycles. The van der Waals surface area contributed by atoms with E-state index in [0.717, 1.165) is 58.5 Å². The van der Waals surface area contributed by atoms with Gasteiger partial charge in [0.25, 0.3) is 0 Å². The van der Waals surface area contributed by atoms with Crippen LogP contribution in [0.25, 0.3) is 10.9 Å². The molecule has 2 bridgehead atoms. The van der Waals surface area contributed by atoms with E-state index in [4.69, 9.17) is 14.2 Å².